The maximum atomic E-state index is 11.7. The van der Waals surface area contributed by atoms with Gasteiger partial charge in [0.2, 0.25) is 5.90 Å². The van der Waals surface area contributed by atoms with E-state index in [-0.39, 0.29) is 0 Å². The number of nitrogens with zero attached hydrogens (tertiary/aromatic N) is 1. The SMILES string of the molecule is Cc1cc2c(cc1OC(CCCc1ccccc1)=NOS)C(C)(C)OC(=O)N2. The highest BCUT2D eigenvalue weighted by molar-refractivity contribution is 7.75. The summed E-state index contributed by atoms with van der Waals surface area (Å²) >= 11 is 3.73. The first-order valence-electron chi connectivity index (χ1n) is 9.13. The highest BCUT2D eigenvalue weighted by Crippen LogP contribution is 2.39. The van der Waals surface area contributed by atoms with E-state index in [0.717, 1.165) is 29.7 Å². The van der Waals surface area contributed by atoms with Crippen molar-refractivity contribution in [1.29, 1.82) is 0 Å². The van der Waals surface area contributed by atoms with E-state index in [1.807, 2.05) is 51.1 Å². The van der Waals surface area contributed by atoms with Gasteiger partial charge in [-0.2, -0.15) is 0 Å². The highest BCUT2D eigenvalue weighted by atomic mass is 32.1. The minimum atomic E-state index is -0.756. The average molecular weight is 401 g/mol. The van der Waals surface area contributed by atoms with Crippen LogP contribution in [-0.2, 0) is 21.0 Å². The molecule has 3 rings (SSSR count). The fourth-order valence-electron chi connectivity index (χ4n) is 3.20. The first-order chi connectivity index (χ1) is 13.4. The van der Waals surface area contributed by atoms with E-state index in [1.165, 1.54) is 5.56 Å². The molecule has 0 aromatic heterocycles. The molecule has 6 nitrogen and oxygen atoms in total. The molecule has 0 radical (unpaired) electrons. The number of anilines is 1. The van der Waals surface area contributed by atoms with E-state index in [4.69, 9.17) is 9.47 Å². The smallest absolute Gasteiger partial charge is 0.412 e. The summed E-state index contributed by atoms with van der Waals surface area (Å²) in [5, 5.41) is 6.64. The molecule has 1 N–H and O–H groups in total. The molecule has 0 spiro atoms. The molecule has 1 amide bonds. The van der Waals surface area contributed by atoms with Crippen LogP contribution in [0.1, 0.15) is 43.4 Å². The minimum Gasteiger partial charge on any atom is -0.439 e. The molecule has 0 atom stereocenters. The summed E-state index contributed by atoms with van der Waals surface area (Å²) in [6.45, 7) is 5.60. The van der Waals surface area contributed by atoms with Gasteiger partial charge in [-0.15, -0.1) is 0 Å². The van der Waals surface area contributed by atoms with Gasteiger partial charge in [-0.05, 0) is 62.0 Å². The van der Waals surface area contributed by atoms with Crippen LogP contribution in [0.4, 0.5) is 10.5 Å². The number of cyclic esters (lactones) is 1. The van der Waals surface area contributed by atoms with Crippen molar-refractivity contribution in [3.63, 3.8) is 0 Å². The summed E-state index contributed by atoms with van der Waals surface area (Å²) in [6, 6.07) is 14.0. The van der Waals surface area contributed by atoms with Gasteiger partial charge < -0.3 is 13.8 Å². The number of oxime groups is 1. The van der Waals surface area contributed by atoms with Gasteiger partial charge in [-0.3, -0.25) is 5.32 Å². The van der Waals surface area contributed by atoms with Crippen LogP contribution in [0.25, 0.3) is 0 Å². The van der Waals surface area contributed by atoms with E-state index in [2.05, 4.69) is 39.8 Å². The largest absolute Gasteiger partial charge is 0.439 e. The standard InChI is InChI=1S/C21H24N2O4S/c1-14-12-17-16(21(2,3)26-20(24)22-17)13-18(14)25-19(23-27-28)11-7-10-15-8-5-4-6-9-15/h4-6,8-9,12-13,28H,7,10-11H2,1-3H3,(H,22,24). The van der Waals surface area contributed by atoms with Gasteiger partial charge in [0.1, 0.15) is 11.4 Å². The molecule has 7 heteroatoms. The molecule has 0 unspecified atom stereocenters. The van der Waals surface area contributed by atoms with E-state index in [9.17, 15) is 4.79 Å². The first kappa shape index (κ1) is 20.1. The Hall–Kier alpha value is -2.67. The molecular formula is C21H24N2O4S. The summed E-state index contributed by atoms with van der Waals surface area (Å²) in [5.74, 6) is 1.07. The molecule has 0 aliphatic carbocycles. The fraction of sp³-hybridized carbons (Fsp3) is 0.333. The number of hydrogen-bond donors (Lipinski definition) is 2. The molecule has 0 saturated carbocycles. The van der Waals surface area contributed by atoms with Gasteiger partial charge in [0, 0.05) is 12.0 Å². The molecule has 2 aromatic carbocycles. The number of rotatable bonds is 6. The Labute approximate surface area is 170 Å². The summed E-state index contributed by atoms with van der Waals surface area (Å²) in [5.41, 5.74) is 2.93. The second-order valence-electron chi connectivity index (χ2n) is 7.20. The summed E-state index contributed by atoms with van der Waals surface area (Å²) in [6.07, 6.45) is 1.90. The quantitative estimate of drug-likeness (QED) is 0.225. The maximum Gasteiger partial charge on any atom is 0.412 e. The lowest BCUT2D eigenvalue weighted by Gasteiger charge is -2.33. The van der Waals surface area contributed by atoms with Gasteiger partial charge in [0.15, 0.2) is 0 Å². The Morgan fingerprint density at radius 2 is 2.00 bits per heavy atom. The third-order valence-corrected chi connectivity index (χ3v) is 4.70. The molecular weight excluding hydrogens is 376 g/mol. The molecule has 0 fully saturated rings. The summed E-state index contributed by atoms with van der Waals surface area (Å²) in [4.78, 5) is 11.7. The Bertz CT molecular complexity index is 881. The number of carbonyl (C=O) groups is 1. The van der Waals surface area contributed by atoms with Crippen molar-refractivity contribution in [2.75, 3.05) is 5.32 Å². The fourth-order valence-corrected chi connectivity index (χ4v) is 3.29. The zero-order valence-corrected chi connectivity index (χ0v) is 17.1. The third-order valence-electron chi connectivity index (χ3n) is 4.62. The van der Waals surface area contributed by atoms with E-state index >= 15 is 0 Å². The number of hydrogen-bond acceptors (Lipinski definition) is 6. The number of ether oxygens (including phenoxy) is 2. The first-order valence-corrected chi connectivity index (χ1v) is 9.50. The lowest BCUT2D eigenvalue weighted by Crippen LogP contribution is -2.34. The summed E-state index contributed by atoms with van der Waals surface area (Å²) in [7, 11) is 0. The Balaban J connectivity index is 1.74. The lowest BCUT2D eigenvalue weighted by molar-refractivity contribution is 0.0419. The summed E-state index contributed by atoms with van der Waals surface area (Å²) < 4.78 is 16.1. The van der Waals surface area contributed by atoms with Gasteiger partial charge in [-0.1, -0.05) is 30.3 Å². The van der Waals surface area contributed by atoms with Gasteiger partial charge in [0.25, 0.3) is 0 Å². The van der Waals surface area contributed by atoms with Crippen molar-refractivity contribution in [3.05, 3.63) is 59.2 Å². The van der Waals surface area contributed by atoms with E-state index in [0.29, 0.717) is 18.1 Å². The minimum absolute atomic E-state index is 0.438. The molecule has 2 aromatic rings. The number of carbonyl (C=O) groups excluding carboxylic acids is 1. The second-order valence-corrected chi connectivity index (χ2v) is 7.36. The predicted molar refractivity (Wildman–Crippen MR) is 112 cm³/mol. The van der Waals surface area contributed by atoms with Crippen molar-refractivity contribution in [2.45, 2.75) is 45.6 Å². The molecule has 1 aliphatic heterocycles. The zero-order valence-electron chi connectivity index (χ0n) is 16.2. The van der Waals surface area contributed by atoms with E-state index < -0.39 is 11.7 Å². The Morgan fingerprint density at radius 3 is 2.71 bits per heavy atom. The third kappa shape index (κ3) is 4.78. The number of benzene rings is 2. The molecule has 148 valence electrons. The van der Waals surface area contributed by atoms with Crippen LogP contribution in [0.5, 0.6) is 5.75 Å². The topological polar surface area (TPSA) is 69.1 Å². The molecule has 0 saturated heterocycles. The normalized spacial score (nSPS) is 15.3. The second kappa shape index (κ2) is 8.56. The molecule has 1 heterocycles. The number of thiol groups is 1. The van der Waals surface area contributed by atoms with Crippen LogP contribution in [0, 0.1) is 6.92 Å². The monoisotopic (exact) mass is 400 g/mol. The Morgan fingerprint density at radius 1 is 1.25 bits per heavy atom. The van der Waals surface area contributed by atoms with Crippen LogP contribution in [0.2, 0.25) is 0 Å². The lowest BCUT2D eigenvalue weighted by atomic mass is 9.93. The zero-order chi connectivity index (χ0) is 20.1. The number of nitrogens with one attached hydrogen (secondary N) is 1. The van der Waals surface area contributed by atoms with Crippen LogP contribution < -0.4 is 10.1 Å². The van der Waals surface area contributed by atoms with Crippen molar-refractivity contribution >= 4 is 30.6 Å². The van der Waals surface area contributed by atoms with Crippen molar-refractivity contribution < 1.29 is 18.6 Å². The van der Waals surface area contributed by atoms with Crippen molar-refractivity contribution in [1.82, 2.24) is 0 Å². The number of fused-ring (bicyclic) bond motifs is 1. The number of aryl methyl sites for hydroxylation is 2. The van der Waals surface area contributed by atoms with Gasteiger partial charge >= 0.3 is 6.09 Å². The van der Waals surface area contributed by atoms with Crippen LogP contribution in [0.3, 0.4) is 0 Å². The van der Waals surface area contributed by atoms with Gasteiger partial charge in [0.05, 0.1) is 18.6 Å². The molecule has 0 bridgehead atoms. The Kier molecular flexibility index (Phi) is 6.14. The van der Waals surface area contributed by atoms with Crippen LogP contribution >= 0.6 is 12.9 Å². The molecule has 28 heavy (non-hydrogen) atoms. The maximum absolute atomic E-state index is 11.7. The van der Waals surface area contributed by atoms with E-state index in [1.54, 1.807) is 0 Å². The van der Waals surface area contributed by atoms with Crippen molar-refractivity contribution in [2.24, 2.45) is 5.16 Å². The average Bonchev–Trinajstić information content (AvgIpc) is 2.63. The van der Waals surface area contributed by atoms with Crippen LogP contribution in [-0.4, -0.2) is 12.0 Å². The number of amides is 1. The van der Waals surface area contributed by atoms with Crippen LogP contribution in [0.15, 0.2) is 47.6 Å². The van der Waals surface area contributed by atoms with Gasteiger partial charge in [-0.25, -0.2) is 4.79 Å². The van der Waals surface area contributed by atoms with Crippen molar-refractivity contribution in [3.8, 4) is 5.75 Å². The highest BCUT2D eigenvalue weighted by Gasteiger charge is 2.34. The molecule has 1 aliphatic rings. The predicted octanol–water partition coefficient (Wildman–Crippen LogP) is 5.37.